The quantitative estimate of drug-likeness (QED) is 0.499. The standard InChI is InChI=1S/C23H26ClN3O6S2/c1-23(2,3)33-22(28)25-11-13-26(14-12-25)35(31,32)21-15-17-7-4-5-10-20(17)27(21)34(29,30)19-9-6-8-18(24)16-19/h4-10,15-16H,11-14H2,1-3H3. The van der Waals surface area contributed by atoms with Gasteiger partial charge in [0.05, 0.1) is 10.4 Å². The summed E-state index contributed by atoms with van der Waals surface area (Å²) in [5.74, 6) is 0. The fraction of sp³-hybridized carbons (Fsp3) is 0.348. The van der Waals surface area contributed by atoms with Crippen molar-refractivity contribution in [3.05, 3.63) is 59.6 Å². The van der Waals surface area contributed by atoms with Crippen molar-refractivity contribution in [1.82, 2.24) is 13.2 Å². The molecule has 4 rings (SSSR count). The van der Waals surface area contributed by atoms with Gasteiger partial charge in [-0.3, -0.25) is 0 Å². The predicted octanol–water partition coefficient (Wildman–Crippen LogP) is 3.77. The first-order chi connectivity index (χ1) is 16.3. The number of hydrogen-bond acceptors (Lipinski definition) is 6. The van der Waals surface area contributed by atoms with Crippen LogP contribution in [0, 0.1) is 0 Å². The highest BCUT2D eigenvalue weighted by atomic mass is 35.5. The molecule has 0 bridgehead atoms. The molecule has 1 fully saturated rings. The molecule has 1 amide bonds. The van der Waals surface area contributed by atoms with Gasteiger partial charge in [-0.15, -0.1) is 0 Å². The molecular formula is C23H26ClN3O6S2. The van der Waals surface area contributed by atoms with Crippen LogP contribution in [0.3, 0.4) is 0 Å². The van der Waals surface area contributed by atoms with Gasteiger partial charge in [-0.25, -0.2) is 25.6 Å². The van der Waals surface area contributed by atoms with E-state index < -0.39 is 31.7 Å². The minimum Gasteiger partial charge on any atom is -0.444 e. The number of carbonyl (C=O) groups is 1. The van der Waals surface area contributed by atoms with Crippen molar-refractivity contribution >= 4 is 48.6 Å². The molecule has 2 heterocycles. The molecule has 1 aromatic heterocycles. The average molecular weight is 540 g/mol. The Morgan fingerprint density at radius 3 is 2.17 bits per heavy atom. The maximum atomic E-state index is 13.7. The topological polar surface area (TPSA) is 106 Å². The largest absolute Gasteiger partial charge is 0.444 e. The van der Waals surface area contributed by atoms with E-state index in [0.29, 0.717) is 5.39 Å². The van der Waals surface area contributed by atoms with E-state index >= 15 is 0 Å². The second kappa shape index (κ2) is 9.12. The smallest absolute Gasteiger partial charge is 0.410 e. The predicted molar refractivity (Wildman–Crippen MR) is 133 cm³/mol. The monoisotopic (exact) mass is 539 g/mol. The molecule has 0 atom stereocenters. The molecule has 1 aliphatic rings. The number of sulfonamides is 1. The number of benzene rings is 2. The van der Waals surface area contributed by atoms with Gasteiger partial charge in [0.2, 0.25) is 0 Å². The summed E-state index contributed by atoms with van der Waals surface area (Å²) in [6, 6.07) is 13.6. The van der Waals surface area contributed by atoms with Gasteiger partial charge < -0.3 is 9.64 Å². The minimum atomic E-state index is -4.30. The lowest BCUT2D eigenvalue weighted by molar-refractivity contribution is 0.0192. The molecule has 0 spiro atoms. The summed E-state index contributed by atoms with van der Waals surface area (Å²) in [6.45, 7) is 5.51. The number of hydrogen-bond donors (Lipinski definition) is 0. The minimum absolute atomic E-state index is 0.000312. The van der Waals surface area contributed by atoms with Crippen LogP contribution in [0.1, 0.15) is 20.8 Å². The van der Waals surface area contributed by atoms with Crippen molar-refractivity contribution in [2.24, 2.45) is 0 Å². The highest BCUT2D eigenvalue weighted by molar-refractivity contribution is 7.92. The Labute approximate surface area is 209 Å². The van der Waals surface area contributed by atoms with E-state index in [1.54, 1.807) is 45.0 Å². The van der Waals surface area contributed by atoms with Crippen LogP contribution in [0.2, 0.25) is 5.02 Å². The number of nitrogens with zero attached hydrogens (tertiary/aromatic N) is 3. The highest BCUT2D eigenvalue weighted by Gasteiger charge is 2.36. The number of aromatic nitrogens is 1. The number of halogens is 1. The van der Waals surface area contributed by atoms with Crippen molar-refractivity contribution in [2.45, 2.75) is 36.3 Å². The number of rotatable bonds is 4. The molecule has 0 saturated carbocycles. The van der Waals surface area contributed by atoms with Crippen molar-refractivity contribution in [2.75, 3.05) is 26.2 Å². The van der Waals surface area contributed by atoms with Crippen LogP contribution < -0.4 is 0 Å². The summed E-state index contributed by atoms with van der Waals surface area (Å²) in [5.41, 5.74) is -0.436. The normalized spacial score (nSPS) is 15.9. The van der Waals surface area contributed by atoms with Crippen LogP contribution in [0.5, 0.6) is 0 Å². The number of fused-ring (bicyclic) bond motifs is 1. The number of para-hydroxylation sites is 1. The first-order valence-electron chi connectivity index (χ1n) is 10.9. The number of piperazine rings is 1. The van der Waals surface area contributed by atoms with Gasteiger partial charge in [0, 0.05) is 36.6 Å². The third-order valence-corrected chi connectivity index (χ3v) is 9.41. The van der Waals surface area contributed by atoms with Gasteiger partial charge in [0.1, 0.15) is 5.60 Å². The molecular weight excluding hydrogens is 514 g/mol. The molecule has 188 valence electrons. The SMILES string of the molecule is CC(C)(C)OC(=O)N1CCN(S(=O)(=O)c2cc3ccccc3n2S(=O)(=O)c2cccc(Cl)c2)CC1. The van der Waals surface area contributed by atoms with Gasteiger partial charge in [-0.1, -0.05) is 35.9 Å². The molecule has 3 aromatic rings. The van der Waals surface area contributed by atoms with E-state index in [1.165, 1.54) is 39.5 Å². The third-order valence-electron chi connectivity index (χ3n) is 5.46. The molecule has 9 nitrogen and oxygen atoms in total. The molecule has 0 radical (unpaired) electrons. The lowest BCUT2D eigenvalue weighted by atomic mass is 10.2. The summed E-state index contributed by atoms with van der Waals surface area (Å²) in [5, 5.41) is 0.304. The highest BCUT2D eigenvalue weighted by Crippen LogP contribution is 2.31. The molecule has 12 heteroatoms. The molecule has 0 N–H and O–H groups in total. The zero-order chi connectivity index (χ0) is 25.6. The molecule has 1 aliphatic heterocycles. The fourth-order valence-corrected chi connectivity index (χ4v) is 7.61. The summed E-state index contributed by atoms with van der Waals surface area (Å²) in [7, 11) is -8.53. The van der Waals surface area contributed by atoms with Gasteiger partial charge >= 0.3 is 6.09 Å². The molecule has 0 aliphatic carbocycles. The van der Waals surface area contributed by atoms with Crippen molar-refractivity contribution in [1.29, 1.82) is 0 Å². The van der Waals surface area contributed by atoms with E-state index in [1.807, 2.05) is 0 Å². The lowest BCUT2D eigenvalue weighted by Gasteiger charge is -2.35. The Morgan fingerprint density at radius 1 is 0.886 bits per heavy atom. The van der Waals surface area contributed by atoms with Crippen LogP contribution in [0.4, 0.5) is 4.79 Å². The van der Waals surface area contributed by atoms with E-state index in [2.05, 4.69) is 0 Å². The van der Waals surface area contributed by atoms with Gasteiger partial charge in [0.15, 0.2) is 5.03 Å². The van der Waals surface area contributed by atoms with Crippen molar-refractivity contribution in [3.8, 4) is 0 Å². The maximum Gasteiger partial charge on any atom is 0.410 e. The summed E-state index contributed by atoms with van der Waals surface area (Å²) >= 11 is 6.02. The number of carbonyl (C=O) groups excluding carboxylic acids is 1. The van der Waals surface area contributed by atoms with Gasteiger partial charge in [-0.05, 0) is 51.1 Å². The fourth-order valence-electron chi connectivity index (χ4n) is 3.83. The first kappa shape index (κ1) is 25.5. The lowest BCUT2D eigenvalue weighted by Crippen LogP contribution is -2.51. The van der Waals surface area contributed by atoms with Crippen LogP contribution in [0.25, 0.3) is 10.9 Å². The zero-order valence-corrected chi connectivity index (χ0v) is 21.9. The van der Waals surface area contributed by atoms with Crippen molar-refractivity contribution in [3.63, 3.8) is 0 Å². The van der Waals surface area contributed by atoms with Gasteiger partial charge in [-0.2, -0.15) is 4.31 Å². The maximum absolute atomic E-state index is 13.7. The number of amides is 1. The Morgan fingerprint density at radius 2 is 1.54 bits per heavy atom. The molecule has 2 aromatic carbocycles. The molecule has 35 heavy (non-hydrogen) atoms. The third kappa shape index (κ3) is 5.04. The van der Waals surface area contributed by atoms with Crippen LogP contribution in [0.15, 0.2) is 64.5 Å². The Bertz CT molecular complexity index is 1480. The van der Waals surface area contributed by atoms with E-state index in [9.17, 15) is 21.6 Å². The summed E-state index contributed by atoms with van der Waals surface area (Å²) in [4.78, 5) is 13.7. The van der Waals surface area contributed by atoms with E-state index in [-0.39, 0.29) is 46.6 Å². The Hall–Kier alpha value is -2.60. The average Bonchev–Trinajstić information content (AvgIpc) is 3.19. The molecule has 0 unspecified atom stereocenters. The van der Waals surface area contributed by atoms with E-state index in [4.69, 9.17) is 16.3 Å². The Kier molecular flexibility index (Phi) is 6.64. The summed E-state index contributed by atoms with van der Waals surface area (Å²) < 4.78 is 62.1. The molecule has 1 saturated heterocycles. The Balaban J connectivity index is 1.72. The van der Waals surface area contributed by atoms with Crippen LogP contribution >= 0.6 is 11.6 Å². The second-order valence-corrected chi connectivity index (χ2v) is 13.2. The van der Waals surface area contributed by atoms with Crippen molar-refractivity contribution < 1.29 is 26.4 Å². The zero-order valence-electron chi connectivity index (χ0n) is 19.5. The second-order valence-electron chi connectivity index (χ2n) is 9.14. The van der Waals surface area contributed by atoms with Gasteiger partial charge in [0.25, 0.3) is 20.0 Å². The summed E-state index contributed by atoms with van der Waals surface area (Å²) in [6.07, 6.45) is -0.521. The van der Waals surface area contributed by atoms with Crippen LogP contribution in [-0.4, -0.2) is 67.9 Å². The first-order valence-corrected chi connectivity index (χ1v) is 14.2. The number of ether oxygens (including phenoxy) is 1. The van der Waals surface area contributed by atoms with Crippen LogP contribution in [-0.2, 0) is 24.8 Å². The van der Waals surface area contributed by atoms with E-state index in [0.717, 1.165) is 3.97 Å².